The first-order chi connectivity index (χ1) is 5.83. The van der Waals surface area contributed by atoms with Crippen LogP contribution in [0.1, 0.15) is 20.3 Å². The van der Waals surface area contributed by atoms with Crippen LogP contribution in [0.4, 0.5) is 0 Å². The van der Waals surface area contributed by atoms with Gasteiger partial charge in [0.25, 0.3) is 0 Å². The van der Waals surface area contributed by atoms with E-state index in [1.54, 1.807) is 0 Å². The van der Waals surface area contributed by atoms with Gasteiger partial charge in [-0.05, 0) is 19.4 Å². The fourth-order valence-electron chi connectivity index (χ4n) is 0.895. The summed E-state index contributed by atoms with van der Waals surface area (Å²) in [5.41, 5.74) is 1.36. The Kier molecular flexibility index (Phi) is 3.88. The molecule has 0 N–H and O–H groups in total. The number of hydrogen-bond acceptors (Lipinski definition) is 2. The third-order valence-corrected chi connectivity index (χ3v) is 1.87. The van der Waals surface area contributed by atoms with E-state index in [1.807, 2.05) is 6.08 Å². The molecule has 0 aliphatic carbocycles. The Balaban J connectivity index is 2.44. The summed E-state index contributed by atoms with van der Waals surface area (Å²) in [5, 5.41) is 0. The summed E-state index contributed by atoms with van der Waals surface area (Å²) in [6, 6.07) is 0. The minimum atomic E-state index is 0.619. The number of allylic oxidation sites excluding steroid dienone is 3. The lowest BCUT2D eigenvalue weighted by atomic mass is 10.2. The van der Waals surface area contributed by atoms with Gasteiger partial charge in [-0.15, -0.1) is 0 Å². The Hall–Kier alpha value is -0.760. The van der Waals surface area contributed by atoms with Crippen LogP contribution in [-0.2, 0) is 9.47 Å². The zero-order chi connectivity index (χ0) is 8.81. The highest BCUT2D eigenvalue weighted by Gasteiger charge is 2.03. The highest BCUT2D eigenvalue weighted by molar-refractivity contribution is 5.13. The molecule has 0 unspecified atom stereocenters. The molecule has 1 heterocycles. The zero-order valence-electron chi connectivity index (χ0n) is 7.80. The van der Waals surface area contributed by atoms with E-state index in [1.165, 1.54) is 5.57 Å². The highest BCUT2D eigenvalue weighted by atomic mass is 16.6. The molecule has 12 heavy (non-hydrogen) atoms. The predicted molar refractivity (Wildman–Crippen MR) is 48.9 cm³/mol. The Bertz CT molecular complexity index is 184. The van der Waals surface area contributed by atoms with E-state index >= 15 is 0 Å². The fraction of sp³-hybridized carbons (Fsp3) is 0.600. The Morgan fingerprint density at radius 2 is 2.33 bits per heavy atom. The van der Waals surface area contributed by atoms with E-state index in [0.717, 1.165) is 12.2 Å². The summed E-state index contributed by atoms with van der Waals surface area (Å²) >= 11 is 0. The van der Waals surface area contributed by atoms with Crippen molar-refractivity contribution in [2.24, 2.45) is 0 Å². The van der Waals surface area contributed by atoms with Crippen LogP contribution in [0.3, 0.4) is 0 Å². The molecular formula is C10H16O2. The van der Waals surface area contributed by atoms with Crippen LogP contribution >= 0.6 is 0 Å². The van der Waals surface area contributed by atoms with E-state index in [9.17, 15) is 0 Å². The van der Waals surface area contributed by atoms with Crippen molar-refractivity contribution in [3.63, 3.8) is 0 Å². The van der Waals surface area contributed by atoms with Crippen LogP contribution in [-0.4, -0.2) is 19.8 Å². The van der Waals surface area contributed by atoms with Gasteiger partial charge in [0.1, 0.15) is 19.0 Å². The average Bonchev–Trinajstić information content (AvgIpc) is 2.16. The van der Waals surface area contributed by atoms with Gasteiger partial charge in [0, 0.05) is 0 Å². The highest BCUT2D eigenvalue weighted by Crippen LogP contribution is 2.06. The summed E-state index contributed by atoms with van der Waals surface area (Å²) in [4.78, 5) is 0. The maximum Gasteiger partial charge on any atom is 0.122 e. The summed E-state index contributed by atoms with van der Waals surface area (Å²) in [6.07, 6.45) is 5.17. The number of hydrogen-bond donors (Lipinski definition) is 0. The van der Waals surface area contributed by atoms with Gasteiger partial charge < -0.3 is 9.47 Å². The van der Waals surface area contributed by atoms with Gasteiger partial charge in [-0.1, -0.05) is 18.6 Å². The lowest BCUT2D eigenvalue weighted by molar-refractivity contribution is 0.0135. The van der Waals surface area contributed by atoms with Crippen molar-refractivity contribution in [1.29, 1.82) is 0 Å². The number of ether oxygens (including phenoxy) is 2. The molecule has 0 amide bonds. The van der Waals surface area contributed by atoms with Gasteiger partial charge in [0.15, 0.2) is 0 Å². The number of rotatable bonds is 2. The van der Waals surface area contributed by atoms with Crippen LogP contribution in [0.5, 0.6) is 0 Å². The SMILES string of the molecule is CC/C(C)=C/C=C1\COCCO1. The van der Waals surface area contributed by atoms with Crippen molar-refractivity contribution in [3.05, 3.63) is 23.5 Å². The normalized spacial score (nSPS) is 22.5. The van der Waals surface area contributed by atoms with Crippen LogP contribution in [0, 0.1) is 0 Å². The first kappa shape index (κ1) is 9.33. The second-order valence-electron chi connectivity index (χ2n) is 2.90. The molecular weight excluding hydrogens is 152 g/mol. The van der Waals surface area contributed by atoms with Crippen LogP contribution in [0.25, 0.3) is 0 Å². The second kappa shape index (κ2) is 4.99. The quantitative estimate of drug-likeness (QED) is 0.629. The standard InChI is InChI=1S/C10H16O2/c1-3-9(2)4-5-10-8-11-6-7-12-10/h4-5H,3,6-8H2,1-2H3/b9-4+,10-5+. The summed E-state index contributed by atoms with van der Waals surface area (Å²) in [5.74, 6) is 0.939. The van der Waals surface area contributed by atoms with E-state index in [2.05, 4.69) is 19.9 Å². The fourth-order valence-corrected chi connectivity index (χ4v) is 0.895. The van der Waals surface area contributed by atoms with Crippen molar-refractivity contribution in [2.75, 3.05) is 19.8 Å². The first-order valence-electron chi connectivity index (χ1n) is 4.40. The van der Waals surface area contributed by atoms with E-state index in [0.29, 0.717) is 19.8 Å². The Morgan fingerprint density at radius 3 is 2.92 bits per heavy atom. The minimum Gasteiger partial charge on any atom is -0.493 e. The smallest absolute Gasteiger partial charge is 0.122 e. The van der Waals surface area contributed by atoms with Crippen molar-refractivity contribution < 1.29 is 9.47 Å². The largest absolute Gasteiger partial charge is 0.493 e. The molecule has 1 saturated heterocycles. The molecule has 0 atom stereocenters. The van der Waals surface area contributed by atoms with E-state index in [-0.39, 0.29) is 0 Å². The van der Waals surface area contributed by atoms with Crippen LogP contribution in [0.15, 0.2) is 23.5 Å². The molecule has 2 nitrogen and oxygen atoms in total. The molecule has 1 aliphatic rings. The lowest BCUT2D eigenvalue weighted by Gasteiger charge is -2.15. The first-order valence-corrected chi connectivity index (χ1v) is 4.40. The van der Waals surface area contributed by atoms with Crippen molar-refractivity contribution in [3.8, 4) is 0 Å². The third-order valence-electron chi connectivity index (χ3n) is 1.87. The monoisotopic (exact) mass is 168 g/mol. The van der Waals surface area contributed by atoms with Crippen LogP contribution in [0.2, 0.25) is 0 Å². The van der Waals surface area contributed by atoms with Gasteiger partial charge in [0.2, 0.25) is 0 Å². The molecule has 0 spiro atoms. The van der Waals surface area contributed by atoms with Crippen molar-refractivity contribution >= 4 is 0 Å². The maximum atomic E-state index is 5.36. The average molecular weight is 168 g/mol. The van der Waals surface area contributed by atoms with Gasteiger partial charge in [-0.3, -0.25) is 0 Å². The maximum absolute atomic E-state index is 5.36. The molecule has 0 aromatic carbocycles. The molecule has 1 aliphatic heterocycles. The van der Waals surface area contributed by atoms with Gasteiger partial charge >= 0.3 is 0 Å². The summed E-state index contributed by atoms with van der Waals surface area (Å²) in [7, 11) is 0. The third kappa shape index (κ3) is 3.09. The molecule has 0 aromatic heterocycles. The zero-order valence-corrected chi connectivity index (χ0v) is 7.80. The molecule has 0 bridgehead atoms. The van der Waals surface area contributed by atoms with Gasteiger partial charge in [-0.2, -0.15) is 0 Å². The Labute approximate surface area is 73.9 Å². The van der Waals surface area contributed by atoms with E-state index in [4.69, 9.17) is 9.47 Å². The predicted octanol–water partition coefficient (Wildman–Crippen LogP) is 2.27. The topological polar surface area (TPSA) is 18.5 Å². The lowest BCUT2D eigenvalue weighted by Crippen LogP contribution is -2.15. The molecule has 68 valence electrons. The van der Waals surface area contributed by atoms with Crippen molar-refractivity contribution in [2.45, 2.75) is 20.3 Å². The van der Waals surface area contributed by atoms with Gasteiger partial charge in [0.05, 0.1) is 6.61 Å². The summed E-state index contributed by atoms with van der Waals surface area (Å²) in [6.45, 7) is 6.27. The second-order valence-corrected chi connectivity index (χ2v) is 2.90. The van der Waals surface area contributed by atoms with E-state index < -0.39 is 0 Å². The minimum absolute atomic E-state index is 0.619. The molecule has 2 heteroatoms. The molecule has 0 aromatic rings. The van der Waals surface area contributed by atoms with Crippen molar-refractivity contribution in [1.82, 2.24) is 0 Å². The van der Waals surface area contributed by atoms with Crippen LogP contribution < -0.4 is 0 Å². The molecule has 1 fully saturated rings. The molecule has 0 radical (unpaired) electrons. The van der Waals surface area contributed by atoms with Gasteiger partial charge in [-0.25, -0.2) is 0 Å². The molecule has 1 rings (SSSR count). The summed E-state index contributed by atoms with van der Waals surface area (Å²) < 4.78 is 10.6. The molecule has 0 saturated carbocycles. The Morgan fingerprint density at radius 1 is 1.50 bits per heavy atom.